The molecule has 0 amide bonds. The minimum Gasteiger partial charge on any atom is -0.413 e. The van der Waals surface area contributed by atoms with Gasteiger partial charge in [0.2, 0.25) is 5.89 Å². The zero-order valence-electron chi connectivity index (χ0n) is 6.14. The van der Waals surface area contributed by atoms with Crippen molar-refractivity contribution in [1.29, 1.82) is 0 Å². The molecule has 0 bridgehead atoms. The Bertz CT molecular complexity index is 302. The van der Waals surface area contributed by atoms with Crippen molar-refractivity contribution in [2.75, 3.05) is 0 Å². The number of nitrogens with zero attached hydrogens (tertiary/aromatic N) is 2. The summed E-state index contributed by atoms with van der Waals surface area (Å²) in [5.74, 6) is -1.54. The van der Waals surface area contributed by atoms with E-state index in [1.54, 1.807) is 0 Å². The molecule has 12 heavy (non-hydrogen) atoms. The molecule has 1 aromatic rings. The summed E-state index contributed by atoms with van der Waals surface area (Å²) in [6.45, 7) is 4.84. The van der Waals surface area contributed by atoms with Gasteiger partial charge in [0.15, 0.2) is 0 Å². The normalized spacial score (nSPS) is 11.7. The van der Waals surface area contributed by atoms with Crippen LogP contribution in [0.4, 0.5) is 13.2 Å². The molecule has 66 valence electrons. The quantitative estimate of drug-likeness (QED) is 0.661. The van der Waals surface area contributed by atoms with Gasteiger partial charge in [-0.15, -0.1) is 10.2 Å². The van der Waals surface area contributed by atoms with E-state index in [0.29, 0.717) is 5.57 Å². The van der Waals surface area contributed by atoms with Gasteiger partial charge in [-0.05, 0) is 6.92 Å². The summed E-state index contributed by atoms with van der Waals surface area (Å²) in [5.41, 5.74) is 0.304. The lowest BCUT2D eigenvalue weighted by Crippen LogP contribution is -2.04. The Morgan fingerprint density at radius 3 is 2.25 bits per heavy atom. The zero-order chi connectivity index (χ0) is 9.35. The van der Waals surface area contributed by atoms with Crippen molar-refractivity contribution < 1.29 is 17.6 Å². The van der Waals surface area contributed by atoms with Crippen LogP contribution < -0.4 is 0 Å². The van der Waals surface area contributed by atoms with Crippen molar-refractivity contribution in [3.63, 3.8) is 0 Å². The van der Waals surface area contributed by atoms with Gasteiger partial charge in [0.05, 0.1) is 0 Å². The van der Waals surface area contributed by atoms with Gasteiger partial charge in [0, 0.05) is 5.57 Å². The van der Waals surface area contributed by atoms with Crippen LogP contribution in [0.15, 0.2) is 11.0 Å². The summed E-state index contributed by atoms with van der Waals surface area (Å²) in [4.78, 5) is 0. The number of hydrogen-bond donors (Lipinski definition) is 0. The summed E-state index contributed by atoms with van der Waals surface area (Å²) in [7, 11) is 0. The van der Waals surface area contributed by atoms with Crippen LogP contribution in [-0.2, 0) is 6.18 Å². The number of hydrogen-bond acceptors (Lipinski definition) is 3. The predicted molar refractivity (Wildman–Crippen MR) is 34.0 cm³/mol. The first kappa shape index (κ1) is 8.76. The highest BCUT2D eigenvalue weighted by molar-refractivity contribution is 5.51. The van der Waals surface area contributed by atoms with Crippen molar-refractivity contribution in [2.45, 2.75) is 13.1 Å². The van der Waals surface area contributed by atoms with E-state index in [4.69, 9.17) is 0 Å². The van der Waals surface area contributed by atoms with E-state index in [-0.39, 0.29) is 5.89 Å². The third kappa shape index (κ3) is 1.63. The summed E-state index contributed by atoms with van der Waals surface area (Å²) in [6.07, 6.45) is -4.58. The lowest BCUT2D eigenvalue weighted by molar-refractivity contribution is -0.157. The molecule has 0 spiro atoms. The lowest BCUT2D eigenvalue weighted by atomic mass is 10.4. The molecule has 0 saturated carbocycles. The standard InChI is InChI=1S/C6H5F3N2O/c1-3(2)4-10-11-5(12-4)6(7,8)9/h1H2,2H3. The van der Waals surface area contributed by atoms with E-state index in [9.17, 15) is 13.2 Å². The SMILES string of the molecule is C=C(C)c1nnc(C(F)(F)F)o1. The number of alkyl halides is 3. The van der Waals surface area contributed by atoms with Crippen molar-refractivity contribution in [3.8, 4) is 0 Å². The molecule has 0 unspecified atom stereocenters. The zero-order valence-corrected chi connectivity index (χ0v) is 6.14. The average molecular weight is 178 g/mol. The second-order valence-electron chi connectivity index (χ2n) is 2.19. The van der Waals surface area contributed by atoms with E-state index in [1.807, 2.05) is 0 Å². The lowest BCUT2D eigenvalue weighted by Gasteiger charge is -1.96. The van der Waals surface area contributed by atoms with Crippen molar-refractivity contribution in [3.05, 3.63) is 18.4 Å². The molecule has 0 aliphatic rings. The van der Waals surface area contributed by atoms with E-state index >= 15 is 0 Å². The first-order valence-corrected chi connectivity index (χ1v) is 2.98. The Balaban J connectivity index is 3.00. The minimum atomic E-state index is -4.58. The number of rotatable bonds is 1. The first-order valence-electron chi connectivity index (χ1n) is 2.98. The molecule has 0 aliphatic heterocycles. The van der Waals surface area contributed by atoms with Gasteiger partial charge < -0.3 is 4.42 Å². The van der Waals surface area contributed by atoms with Crippen LogP contribution in [0.5, 0.6) is 0 Å². The Kier molecular flexibility index (Phi) is 1.91. The van der Waals surface area contributed by atoms with Gasteiger partial charge in [0.25, 0.3) is 0 Å². The fraction of sp³-hybridized carbons (Fsp3) is 0.333. The minimum absolute atomic E-state index is 0.192. The van der Waals surface area contributed by atoms with Crippen LogP contribution in [-0.4, -0.2) is 10.2 Å². The van der Waals surface area contributed by atoms with Crippen molar-refractivity contribution in [1.82, 2.24) is 10.2 Å². The number of aromatic nitrogens is 2. The fourth-order valence-electron chi connectivity index (χ4n) is 0.510. The van der Waals surface area contributed by atoms with Crippen LogP contribution >= 0.6 is 0 Å². The molecule has 1 heterocycles. The summed E-state index contributed by atoms with van der Waals surface area (Å²) in [6, 6.07) is 0. The van der Waals surface area contributed by atoms with E-state index < -0.39 is 12.1 Å². The van der Waals surface area contributed by atoms with Crippen LogP contribution in [0.25, 0.3) is 5.57 Å². The molecule has 0 atom stereocenters. The first-order chi connectivity index (χ1) is 5.41. The highest BCUT2D eigenvalue weighted by atomic mass is 19.4. The van der Waals surface area contributed by atoms with Crippen LogP contribution in [0.3, 0.4) is 0 Å². The molecule has 0 fully saturated rings. The van der Waals surface area contributed by atoms with Crippen LogP contribution in [0.2, 0.25) is 0 Å². The van der Waals surface area contributed by atoms with E-state index in [1.165, 1.54) is 6.92 Å². The second kappa shape index (κ2) is 2.62. The van der Waals surface area contributed by atoms with Gasteiger partial charge in [0.1, 0.15) is 0 Å². The van der Waals surface area contributed by atoms with Gasteiger partial charge in [-0.25, -0.2) is 0 Å². The van der Waals surface area contributed by atoms with Crippen molar-refractivity contribution >= 4 is 5.57 Å². The highest BCUT2D eigenvalue weighted by Gasteiger charge is 2.38. The topological polar surface area (TPSA) is 38.9 Å². The van der Waals surface area contributed by atoms with Gasteiger partial charge in [-0.2, -0.15) is 13.2 Å². The molecule has 0 aromatic carbocycles. The molecule has 0 saturated heterocycles. The number of halogens is 3. The molecule has 0 aliphatic carbocycles. The largest absolute Gasteiger partial charge is 0.470 e. The van der Waals surface area contributed by atoms with E-state index in [2.05, 4.69) is 21.2 Å². The maximum Gasteiger partial charge on any atom is 0.470 e. The molecule has 0 N–H and O–H groups in total. The maximum absolute atomic E-state index is 11.8. The van der Waals surface area contributed by atoms with Gasteiger partial charge in [-0.1, -0.05) is 6.58 Å². The average Bonchev–Trinajstić information content (AvgIpc) is 2.30. The Morgan fingerprint density at radius 2 is 2.00 bits per heavy atom. The molecule has 1 rings (SSSR count). The molecular formula is C6H5F3N2O. The monoisotopic (exact) mass is 178 g/mol. The Hall–Kier alpha value is -1.33. The summed E-state index contributed by atoms with van der Waals surface area (Å²) in [5, 5.41) is 5.95. The molecule has 0 radical (unpaired) electrons. The summed E-state index contributed by atoms with van der Waals surface area (Å²) < 4.78 is 39.8. The summed E-state index contributed by atoms with van der Waals surface area (Å²) >= 11 is 0. The predicted octanol–water partition coefficient (Wildman–Crippen LogP) is 2.12. The third-order valence-corrected chi connectivity index (χ3v) is 1.03. The molecule has 1 aromatic heterocycles. The molecule has 3 nitrogen and oxygen atoms in total. The highest BCUT2D eigenvalue weighted by Crippen LogP contribution is 2.28. The van der Waals surface area contributed by atoms with Crippen LogP contribution in [0, 0.1) is 0 Å². The van der Waals surface area contributed by atoms with Gasteiger partial charge in [-0.3, -0.25) is 0 Å². The smallest absolute Gasteiger partial charge is 0.413 e. The fourth-order valence-corrected chi connectivity index (χ4v) is 0.510. The number of allylic oxidation sites excluding steroid dienone is 1. The molecular weight excluding hydrogens is 173 g/mol. The van der Waals surface area contributed by atoms with E-state index in [0.717, 1.165) is 0 Å². The third-order valence-electron chi connectivity index (χ3n) is 1.03. The Labute approximate surface area is 65.9 Å². The van der Waals surface area contributed by atoms with Crippen LogP contribution in [0.1, 0.15) is 18.7 Å². The molecule has 6 heteroatoms. The maximum atomic E-state index is 11.8. The van der Waals surface area contributed by atoms with Gasteiger partial charge >= 0.3 is 12.1 Å². The second-order valence-corrected chi connectivity index (χ2v) is 2.19. The Morgan fingerprint density at radius 1 is 1.42 bits per heavy atom. The van der Waals surface area contributed by atoms with Crippen molar-refractivity contribution in [2.24, 2.45) is 0 Å².